The number of nitro benzene ring substituents is 1. The zero-order valence-electron chi connectivity index (χ0n) is 20.2. The number of ether oxygens (including phenoxy) is 1. The molecule has 0 aliphatic carbocycles. The molecular weight excluding hydrogens is 480 g/mol. The predicted octanol–water partition coefficient (Wildman–Crippen LogP) is 5.21. The van der Waals surface area contributed by atoms with Crippen molar-refractivity contribution < 1.29 is 22.3 Å². The number of anilines is 1. The van der Waals surface area contributed by atoms with Gasteiger partial charge in [-0.05, 0) is 62.8 Å². The Morgan fingerprint density at radius 3 is 2.50 bits per heavy atom. The first-order chi connectivity index (χ1) is 17.0. The Labute approximate surface area is 210 Å². The highest BCUT2D eigenvalue weighted by Gasteiger charge is 2.58. The molecule has 0 radical (unpaired) electrons. The Bertz CT molecular complexity index is 1480. The van der Waals surface area contributed by atoms with Gasteiger partial charge < -0.3 is 9.64 Å². The standard InChI is InChI=1S/C27H26N2O6S/c1-19-8-11-22(12-9-19)36(32,33)34-17-16-28-24-7-5-4-6-23(24)26(2,3)27(28)15-14-20-18-21(29(30)31)10-13-25(20)35-27/h4-15,18H,16-17H2,1-3H3. The molecule has 36 heavy (non-hydrogen) atoms. The van der Waals surface area contributed by atoms with Gasteiger partial charge in [0.1, 0.15) is 5.75 Å². The Balaban J connectivity index is 1.47. The average molecular weight is 507 g/mol. The lowest BCUT2D eigenvalue weighted by molar-refractivity contribution is -0.384. The number of hydrogen-bond acceptors (Lipinski definition) is 7. The molecule has 0 aromatic heterocycles. The second-order valence-electron chi connectivity index (χ2n) is 9.49. The van der Waals surface area contributed by atoms with Crippen LogP contribution in [0.5, 0.6) is 5.75 Å². The van der Waals surface area contributed by atoms with Crippen molar-refractivity contribution in [3.63, 3.8) is 0 Å². The van der Waals surface area contributed by atoms with Gasteiger partial charge in [-0.25, -0.2) is 0 Å². The van der Waals surface area contributed by atoms with E-state index in [4.69, 9.17) is 8.92 Å². The molecule has 3 aromatic rings. The summed E-state index contributed by atoms with van der Waals surface area (Å²) >= 11 is 0. The summed E-state index contributed by atoms with van der Waals surface area (Å²) in [5, 5.41) is 11.2. The number of fused-ring (bicyclic) bond motifs is 2. The molecule has 0 fully saturated rings. The van der Waals surface area contributed by atoms with Crippen LogP contribution in [0.15, 0.2) is 77.7 Å². The third-order valence-corrected chi connectivity index (χ3v) is 8.31. The number of aryl methyl sites for hydroxylation is 1. The van der Waals surface area contributed by atoms with Crippen LogP contribution in [0.2, 0.25) is 0 Å². The Hall–Kier alpha value is -3.69. The van der Waals surface area contributed by atoms with Gasteiger partial charge in [0, 0.05) is 29.9 Å². The summed E-state index contributed by atoms with van der Waals surface area (Å²) in [6, 6.07) is 18.9. The number of nitro groups is 1. The van der Waals surface area contributed by atoms with Crippen LogP contribution in [0.1, 0.15) is 30.5 Å². The molecule has 0 amide bonds. The van der Waals surface area contributed by atoms with Crippen molar-refractivity contribution in [1.82, 2.24) is 0 Å². The van der Waals surface area contributed by atoms with E-state index in [2.05, 4.69) is 13.8 Å². The molecule has 2 heterocycles. The first-order valence-electron chi connectivity index (χ1n) is 11.6. The number of benzene rings is 3. The van der Waals surface area contributed by atoms with Crippen molar-refractivity contribution in [2.24, 2.45) is 0 Å². The summed E-state index contributed by atoms with van der Waals surface area (Å²) in [5.74, 6) is 0.516. The molecule has 9 heteroatoms. The largest absolute Gasteiger partial charge is 0.463 e. The van der Waals surface area contributed by atoms with Crippen molar-refractivity contribution in [3.05, 3.63) is 99.6 Å². The number of non-ortho nitro benzene ring substituents is 1. The molecule has 5 rings (SSSR count). The lowest BCUT2D eigenvalue weighted by Gasteiger charge is -2.47. The molecule has 1 unspecified atom stereocenters. The Morgan fingerprint density at radius 2 is 1.78 bits per heavy atom. The van der Waals surface area contributed by atoms with Crippen molar-refractivity contribution in [1.29, 1.82) is 0 Å². The second kappa shape index (κ2) is 8.46. The van der Waals surface area contributed by atoms with Gasteiger partial charge in [0.25, 0.3) is 15.8 Å². The van der Waals surface area contributed by atoms with Crippen molar-refractivity contribution >= 4 is 27.6 Å². The number of hydrogen-bond donors (Lipinski definition) is 0. The molecule has 0 N–H and O–H groups in total. The van der Waals surface area contributed by atoms with E-state index in [1.807, 2.05) is 48.2 Å². The maximum absolute atomic E-state index is 12.8. The van der Waals surface area contributed by atoms with Crippen LogP contribution in [0, 0.1) is 17.0 Å². The molecule has 1 spiro atoms. The van der Waals surface area contributed by atoms with E-state index in [1.54, 1.807) is 18.2 Å². The van der Waals surface area contributed by atoms with Gasteiger partial charge in [-0.2, -0.15) is 8.42 Å². The van der Waals surface area contributed by atoms with E-state index in [-0.39, 0.29) is 23.7 Å². The third-order valence-electron chi connectivity index (χ3n) is 6.99. The number of nitrogens with zero attached hydrogens (tertiary/aromatic N) is 2. The molecule has 3 aromatic carbocycles. The molecule has 0 saturated heterocycles. The van der Waals surface area contributed by atoms with Gasteiger partial charge in [-0.3, -0.25) is 14.3 Å². The summed E-state index contributed by atoms with van der Waals surface area (Å²) in [6.07, 6.45) is 3.73. The molecule has 0 saturated carbocycles. The summed E-state index contributed by atoms with van der Waals surface area (Å²) in [7, 11) is -3.93. The van der Waals surface area contributed by atoms with Crippen molar-refractivity contribution in [2.45, 2.75) is 36.8 Å². The Morgan fingerprint density at radius 1 is 1.06 bits per heavy atom. The van der Waals surface area contributed by atoms with E-state index in [0.29, 0.717) is 11.3 Å². The lowest BCUT2D eigenvalue weighted by Crippen LogP contribution is -2.60. The summed E-state index contributed by atoms with van der Waals surface area (Å²) in [5.41, 5.74) is 1.98. The maximum atomic E-state index is 12.8. The van der Waals surface area contributed by atoms with Crippen molar-refractivity contribution in [2.75, 3.05) is 18.1 Å². The smallest absolute Gasteiger partial charge is 0.297 e. The quantitative estimate of drug-likeness (QED) is 0.257. The molecular formula is C27H26N2O6S. The molecule has 8 nitrogen and oxygen atoms in total. The van der Waals surface area contributed by atoms with Crippen LogP contribution in [-0.2, 0) is 19.7 Å². The molecule has 1 atom stereocenters. The van der Waals surface area contributed by atoms with E-state index in [9.17, 15) is 18.5 Å². The fraction of sp³-hybridized carbons (Fsp3) is 0.259. The summed E-state index contributed by atoms with van der Waals surface area (Å²) in [6.45, 7) is 6.16. The van der Waals surface area contributed by atoms with E-state index >= 15 is 0 Å². The van der Waals surface area contributed by atoms with Crippen LogP contribution < -0.4 is 9.64 Å². The maximum Gasteiger partial charge on any atom is 0.297 e. The van der Waals surface area contributed by atoms with Gasteiger partial charge in [0.05, 0.1) is 21.8 Å². The predicted molar refractivity (Wildman–Crippen MR) is 137 cm³/mol. The van der Waals surface area contributed by atoms with E-state index in [0.717, 1.165) is 16.8 Å². The minimum atomic E-state index is -3.93. The van der Waals surface area contributed by atoms with Crippen LogP contribution >= 0.6 is 0 Å². The SMILES string of the molecule is Cc1ccc(S(=O)(=O)OCCN2c3ccccc3C(C)(C)C23C=Cc2cc([N+](=O)[O-])ccc2O3)cc1. The second-order valence-corrected chi connectivity index (χ2v) is 11.1. The highest BCUT2D eigenvalue weighted by atomic mass is 32.2. The first kappa shape index (κ1) is 24.0. The van der Waals surface area contributed by atoms with E-state index in [1.165, 1.54) is 24.3 Å². The molecule has 186 valence electrons. The zero-order chi connectivity index (χ0) is 25.7. The number of para-hydroxylation sites is 1. The van der Waals surface area contributed by atoms with Gasteiger partial charge >= 0.3 is 0 Å². The van der Waals surface area contributed by atoms with Crippen molar-refractivity contribution in [3.8, 4) is 5.75 Å². The topological polar surface area (TPSA) is 99.0 Å². The average Bonchev–Trinajstić information content (AvgIpc) is 3.02. The highest BCUT2D eigenvalue weighted by Crippen LogP contribution is 2.54. The van der Waals surface area contributed by atoms with Gasteiger partial charge in [0.15, 0.2) is 0 Å². The number of rotatable bonds is 6. The molecule has 2 aliphatic heterocycles. The summed E-state index contributed by atoms with van der Waals surface area (Å²) in [4.78, 5) is 12.9. The van der Waals surface area contributed by atoms with Crippen LogP contribution in [-0.4, -0.2) is 32.2 Å². The normalized spacial score (nSPS) is 19.6. The first-order valence-corrected chi connectivity index (χ1v) is 13.0. The van der Waals surface area contributed by atoms with Crippen LogP contribution in [0.25, 0.3) is 6.08 Å². The van der Waals surface area contributed by atoms with Gasteiger partial charge in [-0.1, -0.05) is 35.9 Å². The molecule has 0 bridgehead atoms. The van der Waals surface area contributed by atoms with Crippen LogP contribution in [0.4, 0.5) is 11.4 Å². The van der Waals surface area contributed by atoms with Gasteiger partial charge in [-0.15, -0.1) is 0 Å². The zero-order valence-corrected chi connectivity index (χ0v) is 21.0. The minimum Gasteiger partial charge on any atom is -0.463 e. The fourth-order valence-electron chi connectivity index (χ4n) is 5.00. The lowest BCUT2D eigenvalue weighted by atomic mass is 9.76. The minimum absolute atomic E-state index is 0.0153. The third kappa shape index (κ3) is 3.75. The fourth-order valence-corrected chi connectivity index (χ4v) is 5.90. The van der Waals surface area contributed by atoms with E-state index < -0.39 is 26.2 Å². The van der Waals surface area contributed by atoms with Gasteiger partial charge in [0.2, 0.25) is 5.72 Å². The monoisotopic (exact) mass is 506 g/mol. The summed E-state index contributed by atoms with van der Waals surface area (Å²) < 4.78 is 37.6. The van der Waals surface area contributed by atoms with Crippen LogP contribution in [0.3, 0.4) is 0 Å². The molecule has 2 aliphatic rings. The Kier molecular flexibility index (Phi) is 5.65. The highest BCUT2D eigenvalue weighted by molar-refractivity contribution is 7.86.